The largest absolute Gasteiger partial charge is 2.00 e. The van der Waals surface area contributed by atoms with E-state index >= 15 is 0 Å². The molecule has 0 saturated heterocycles. The van der Waals surface area contributed by atoms with Crippen LogP contribution < -0.4 is 10.2 Å². The topological polar surface area (TPSA) is 80.3 Å². The van der Waals surface area contributed by atoms with Crippen LogP contribution in [0.2, 0.25) is 0 Å². The Morgan fingerprint density at radius 1 is 1.00 bits per heavy atom. The SMILES string of the molecule is CC(=O)CC(C)=O.CC([O-])CC(C)[O-].CSC.[Pt+2]. The Labute approximate surface area is 129 Å². The molecule has 0 rings (SSSR count). The molecular weight excluding hydrogens is 435 g/mol. The summed E-state index contributed by atoms with van der Waals surface area (Å²) in [6, 6.07) is 0. The monoisotopic (exact) mass is 459 g/mol. The van der Waals surface area contributed by atoms with E-state index in [-0.39, 0.29) is 45.5 Å². The summed E-state index contributed by atoms with van der Waals surface area (Å²) in [7, 11) is 0. The summed E-state index contributed by atoms with van der Waals surface area (Å²) in [4.78, 5) is 20.1. The van der Waals surface area contributed by atoms with E-state index in [1.54, 1.807) is 11.8 Å². The fraction of sp³-hybridized carbons (Fsp3) is 0.833. The first kappa shape index (κ1) is 26.8. The van der Waals surface area contributed by atoms with E-state index in [0.29, 0.717) is 0 Å². The molecular formula is C12H24O4PtS. The third kappa shape index (κ3) is 55.4. The molecule has 2 unspecified atom stereocenters. The minimum Gasteiger partial charge on any atom is -0.852 e. The van der Waals surface area contributed by atoms with Crippen molar-refractivity contribution >= 4 is 23.3 Å². The molecule has 0 saturated carbocycles. The zero-order valence-electron chi connectivity index (χ0n) is 11.9. The number of hydrogen-bond donors (Lipinski definition) is 0. The average molecular weight is 459 g/mol. The van der Waals surface area contributed by atoms with Crippen LogP contribution >= 0.6 is 11.8 Å². The van der Waals surface area contributed by atoms with Gasteiger partial charge in [-0.05, 0) is 26.4 Å². The molecule has 0 bridgehead atoms. The van der Waals surface area contributed by atoms with E-state index in [9.17, 15) is 19.8 Å². The van der Waals surface area contributed by atoms with E-state index in [1.807, 2.05) is 12.5 Å². The van der Waals surface area contributed by atoms with Gasteiger partial charge in [0.15, 0.2) is 0 Å². The van der Waals surface area contributed by atoms with Gasteiger partial charge in [0.2, 0.25) is 0 Å². The van der Waals surface area contributed by atoms with Crippen molar-refractivity contribution in [3.05, 3.63) is 0 Å². The molecule has 18 heavy (non-hydrogen) atoms. The van der Waals surface area contributed by atoms with Crippen molar-refractivity contribution in [1.29, 1.82) is 0 Å². The predicted molar refractivity (Wildman–Crippen MR) is 69.0 cm³/mol. The van der Waals surface area contributed by atoms with Crippen LogP contribution in [0.15, 0.2) is 0 Å². The van der Waals surface area contributed by atoms with Crippen LogP contribution in [0.5, 0.6) is 0 Å². The molecule has 0 amide bonds. The fourth-order valence-electron chi connectivity index (χ4n) is 0.818. The molecule has 6 heteroatoms. The van der Waals surface area contributed by atoms with Crippen molar-refractivity contribution in [2.75, 3.05) is 12.5 Å². The summed E-state index contributed by atoms with van der Waals surface area (Å²) >= 11 is 1.75. The van der Waals surface area contributed by atoms with Crippen LogP contribution in [-0.2, 0) is 30.7 Å². The van der Waals surface area contributed by atoms with Gasteiger partial charge in [0.05, 0.1) is 6.42 Å². The molecule has 0 aromatic rings. The second-order valence-corrected chi connectivity index (χ2v) is 4.66. The molecule has 4 nitrogen and oxygen atoms in total. The van der Waals surface area contributed by atoms with E-state index in [1.165, 1.54) is 27.7 Å². The number of thioether (sulfide) groups is 1. The molecule has 0 aromatic heterocycles. The van der Waals surface area contributed by atoms with Crippen LogP contribution in [0.3, 0.4) is 0 Å². The maximum absolute atomic E-state index is 10.1. The van der Waals surface area contributed by atoms with Crippen molar-refractivity contribution < 1.29 is 40.9 Å². The Bertz CT molecular complexity index is 179. The van der Waals surface area contributed by atoms with Crippen molar-refractivity contribution in [2.45, 2.75) is 52.7 Å². The molecule has 0 N–H and O–H groups in total. The van der Waals surface area contributed by atoms with E-state index in [0.717, 1.165) is 0 Å². The molecule has 0 aliphatic heterocycles. The summed E-state index contributed by atoms with van der Waals surface area (Å²) in [6.07, 6.45) is 3.04. The molecule has 0 radical (unpaired) electrons. The smallest absolute Gasteiger partial charge is 0.852 e. The number of rotatable bonds is 4. The van der Waals surface area contributed by atoms with Gasteiger partial charge in [-0.25, -0.2) is 0 Å². The summed E-state index contributed by atoms with van der Waals surface area (Å²) < 4.78 is 0. The fourth-order valence-corrected chi connectivity index (χ4v) is 0.818. The number of carbonyl (C=O) groups is 2. The Balaban J connectivity index is -0.0000000857. The zero-order chi connectivity index (χ0) is 14.4. The number of hydrogen-bond acceptors (Lipinski definition) is 5. The van der Waals surface area contributed by atoms with Gasteiger partial charge in [0.1, 0.15) is 11.6 Å². The van der Waals surface area contributed by atoms with E-state index in [2.05, 4.69) is 0 Å². The van der Waals surface area contributed by atoms with Gasteiger partial charge in [-0.2, -0.15) is 11.8 Å². The summed E-state index contributed by atoms with van der Waals surface area (Å²) in [5.41, 5.74) is 0. The van der Waals surface area contributed by atoms with Crippen molar-refractivity contribution in [3.63, 3.8) is 0 Å². The number of ketones is 2. The summed E-state index contributed by atoms with van der Waals surface area (Å²) in [6.45, 7) is 5.82. The van der Waals surface area contributed by atoms with Crippen LogP contribution in [-0.4, -0.2) is 36.3 Å². The Morgan fingerprint density at radius 2 is 1.22 bits per heavy atom. The standard InChI is InChI=1S/C5H10O2.C5H8O2.C2H6S.Pt/c2*1-4(6)3-5(2)7;1-3-2;/h4-5H,3H2,1-2H3;3H2,1-2H3;1-2H3;/q-2;;;+2. The Kier molecular flexibility index (Phi) is 29.2. The van der Waals surface area contributed by atoms with Gasteiger partial charge in [0.25, 0.3) is 0 Å². The summed E-state index contributed by atoms with van der Waals surface area (Å²) in [5, 5.41) is 20.3. The van der Waals surface area contributed by atoms with Crippen LogP contribution in [0.25, 0.3) is 0 Å². The Morgan fingerprint density at radius 3 is 1.22 bits per heavy atom. The first-order valence-corrected chi connectivity index (χ1v) is 7.01. The molecule has 0 aliphatic rings. The van der Waals surface area contributed by atoms with Crippen LogP contribution in [0.4, 0.5) is 0 Å². The van der Waals surface area contributed by atoms with Gasteiger partial charge in [-0.1, -0.05) is 20.3 Å². The van der Waals surface area contributed by atoms with E-state index in [4.69, 9.17) is 0 Å². The average Bonchev–Trinajstić information content (AvgIpc) is 1.99. The molecule has 0 aliphatic carbocycles. The molecule has 0 heterocycles. The maximum Gasteiger partial charge on any atom is 2.00 e. The third-order valence-corrected chi connectivity index (χ3v) is 1.16. The first-order valence-electron chi connectivity index (χ1n) is 5.37. The third-order valence-electron chi connectivity index (χ3n) is 1.16. The van der Waals surface area contributed by atoms with Crippen molar-refractivity contribution in [2.24, 2.45) is 0 Å². The quantitative estimate of drug-likeness (QED) is 0.569. The van der Waals surface area contributed by atoms with Gasteiger partial charge < -0.3 is 10.2 Å². The number of Topliss-reactive ketones (excluding diaryl/α,β-unsaturated/α-hetero) is 2. The van der Waals surface area contributed by atoms with Gasteiger partial charge in [-0.15, -0.1) is 12.2 Å². The second kappa shape index (κ2) is 19.6. The predicted octanol–water partition coefficient (Wildman–Crippen LogP) is 0.405. The van der Waals surface area contributed by atoms with Gasteiger partial charge >= 0.3 is 21.1 Å². The second-order valence-electron chi connectivity index (χ2n) is 3.85. The normalized spacial score (nSPS) is 11.6. The molecule has 0 spiro atoms. The van der Waals surface area contributed by atoms with Crippen LogP contribution in [0.1, 0.15) is 40.5 Å². The minimum absolute atomic E-state index is 0. The van der Waals surface area contributed by atoms with Gasteiger partial charge in [0, 0.05) is 0 Å². The van der Waals surface area contributed by atoms with E-state index < -0.39 is 12.2 Å². The van der Waals surface area contributed by atoms with Crippen molar-refractivity contribution in [3.8, 4) is 0 Å². The summed E-state index contributed by atoms with van der Waals surface area (Å²) in [5.74, 6) is -0.125. The minimum atomic E-state index is -0.688. The first-order chi connectivity index (χ1) is 7.67. The zero-order valence-corrected chi connectivity index (χ0v) is 15.0. The van der Waals surface area contributed by atoms with Gasteiger partial charge in [-0.3, -0.25) is 9.59 Å². The maximum atomic E-state index is 10.1. The molecule has 2 atom stereocenters. The van der Waals surface area contributed by atoms with Crippen molar-refractivity contribution in [1.82, 2.24) is 0 Å². The Hall–Kier alpha value is 0.298. The van der Waals surface area contributed by atoms with Crippen LogP contribution in [0, 0.1) is 0 Å². The molecule has 112 valence electrons. The number of carbonyl (C=O) groups excluding carboxylic acids is 2. The molecule has 0 fully saturated rings. The molecule has 0 aromatic carbocycles.